The Labute approximate surface area is 105 Å². The predicted octanol–water partition coefficient (Wildman–Crippen LogP) is 1.24. The molecule has 1 aliphatic rings. The molecule has 0 N–H and O–H groups in total. The monoisotopic (exact) mass is 266 g/mol. The molecule has 0 spiro atoms. The molecule has 3 heterocycles. The minimum atomic E-state index is -2.88. The number of nitrogens with zero attached hydrogens (tertiary/aromatic N) is 2. The Morgan fingerprint density at radius 3 is 3.00 bits per heavy atom. The van der Waals surface area contributed by atoms with E-state index in [-0.39, 0.29) is 17.4 Å². The highest BCUT2D eigenvalue weighted by Gasteiger charge is 2.30. The highest BCUT2D eigenvalue weighted by Crippen LogP contribution is 2.29. The second kappa shape index (κ2) is 3.98. The molecule has 5 nitrogen and oxygen atoms in total. The minimum absolute atomic E-state index is 0.0135. The van der Waals surface area contributed by atoms with E-state index in [4.69, 9.17) is 4.74 Å². The molecule has 1 atom stereocenters. The summed E-state index contributed by atoms with van der Waals surface area (Å²) >= 11 is 0. The molecule has 18 heavy (non-hydrogen) atoms. The number of sulfone groups is 1. The van der Waals surface area contributed by atoms with Gasteiger partial charge in [0, 0.05) is 18.3 Å². The SMILES string of the molecule is COc1cccn2cc(C3CCS(=O)(=O)C3)nc12. The van der Waals surface area contributed by atoms with Gasteiger partial charge in [-0.25, -0.2) is 13.4 Å². The van der Waals surface area contributed by atoms with Gasteiger partial charge < -0.3 is 9.14 Å². The second-order valence-electron chi connectivity index (χ2n) is 4.57. The van der Waals surface area contributed by atoms with Crippen LogP contribution in [0.4, 0.5) is 0 Å². The summed E-state index contributed by atoms with van der Waals surface area (Å²) < 4.78 is 30.1. The van der Waals surface area contributed by atoms with Crippen LogP contribution in [0, 0.1) is 0 Å². The summed E-state index contributed by atoms with van der Waals surface area (Å²) in [6.07, 6.45) is 4.44. The van der Waals surface area contributed by atoms with Crippen LogP contribution in [0.5, 0.6) is 5.75 Å². The topological polar surface area (TPSA) is 60.7 Å². The molecular formula is C12H14N2O3S. The highest BCUT2D eigenvalue weighted by molar-refractivity contribution is 7.91. The van der Waals surface area contributed by atoms with E-state index in [9.17, 15) is 8.42 Å². The summed E-state index contributed by atoms with van der Waals surface area (Å²) in [5.74, 6) is 1.19. The van der Waals surface area contributed by atoms with Crippen molar-refractivity contribution in [2.45, 2.75) is 12.3 Å². The first kappa shape index (κ1) is 11.5. The Hall–Kier alpha value is -1.56. The van der Waals surface area contributed by atoms with Gasteiger partial charge in [0.05, 0.1) is 24.3 Å². The van der Waals surface area contributed by atoms with Crippen molar-refractivity contribution in [3.05, 3.63) is 30.2 Å². The van der Waals surface area contributed by atoms with Gasteiger partial charge in [-0.3, -0.25) is 0 Å². The zero-order valence-electron chi connectivity index (χ0n) is 10.0. The maximum Gasteiger partial charge on any atom is 0.179 e. The maximum absolute atomic E-state index is 11.5. The van der Waals surface area contributed by atoms with Gasteiger partial charge in [-0.2, -0.15) is 0 Å². The lowest BCUT2D eigenvalue weighted by molar-refractivity contribution is 0.417. The normalized spacial score (nSPS) is 22.4. The van der Waals surface area contributed by atoms with Gasteiger partial charge in [0.1, 0.15) is 0 Å². The molecule has 3 rings (SSSR count). The van der Waals surface area contributed by atoms with Crippen LogP contribution in [-0.2, 0) is 9.84 Å². The quantitative estimate of drug-likeness (QED) is 0.820. The van der Waals surface area contributed by atoms with E-state index >= 15 is 0 Å². The van der Waals surface area contributed by atoms with Crippen molar-refractivity contribution in [1.29, 1.82) is 0 Å². The summed E-state index contributed by atoms with van der Waals surface area (Å²) in [5, 5.41) is 0. The van der Waals surface area contributed by atoms with Gasteiger partial charge in [0.25, 0.3) is 0 Å². The molecule has 1 unspecified atom stereocenters. The molecule has 0 aromatic carbocycles. The molecule has 6 heteroatoms. The average Bonchev–Trinajstić information content (AvgIpc) is 2.91. The van der Waals surface area contributed by atoms with Crippen molar-refractivity contribution in [3.63, 3.8) is 0 Å². The van der Waals surface area contributed by atoms with Crippen LogP contribution >= 0.6 is 0 Å². The van der Waals surface area contributed by atoms with Crippen LogP contribution in [0.2, 0.25) is 0 Å². The number of fused-ring (bicyclic) bond motifs is 1. The number of rotatable bonds is 2. The average molecular weight is 266 g/mol. The third-order valence-electron chi connectivity index (χ3n) is 3.34. The van der Waals surface area contributed by atoms with Crippen LogP contribution in [0.3, 0.4) is 0 Å². The highest BCUT2D eigenvalue weighted by atomic mass is 32.2. The van der Waals surface area contributed by atoms with E-state index in [1.165, 1.54) is 0 Å². The van der Waals surface area contributed by atoms with E-state index in [2.05, 4.69) is 4.98 Å². The number of imidazole rings is 1. The number of ether oxygens (including phenoxy) is 1. The van der Waals surface area contributed by atoms with Crippen molar-refractivity contribution in [2.75, 3.05) is 18.6 Å². The fourth-order valence-corrected chi connectivity index (χ4v) is 4.15. The summed E-state index contributed by atoms with van der Waals surface area (Å²) in [5.41, 5.74) is 1.57. The van der Waals surface area contributed by atoms with E-state index < -0.39 is 9.84 Å². The van der Waals surface area contributed by atoms with Crippen LogP contribution in [0.1, 0.15) is 18.0 Å². The van der Waals surface area contributed by atoms with Gasteiger partial charge in [-0.15, -0.1) is 0 Å². The molecular weight excluding hydrogens is 252 g/mol. The smallest absolute Gasteiger partial charge is 0.179 e. The summed E-state index contributed by atoms with van der Waals surface area (Å²) in [4.78, 5) is 4.50. The second-order valence-corrected chi connectivity index (χ2v) is 6.80. The Morgan fingerprint density at radius 1 is 1.50 bits per heavy atom. The van der Waals surface area contributed by atoms with Gasteiger partial charge in [-0.05, 0) is 18.6 Å². The van der Waals surface area contributed by atoms with Gasteiger partial charge >= 0.3 is 0 Å². The van der Waals surface area contributed by atoms with Crippen LogP contribution < -0.4 is 4.74 Å². The summed E-state index contributed by atoms with van der Waals surface area (Å²) in [6, 6.07) is 3.72. The predicted molar refractivity (Wildman–Crippen MR) is 67.8 cm³/mol. The zero-order chi connectivity index (χ0) is 12.8. The molecule has 1 aliphatic heterocycles. The number of pyridine rings is 1. The Kier molecular flexibility index (Phi) is 2.55. The largest absolute Gasteiger partial charge is 0.493 e. The molecule has 2 aromatic rings. The molecule has 2 aromatic heterocycles. The third kappa shape index (κ3) is 1.86. The van der Waals surface area contributed by atoms with E-state index in [0.717, 1.165) is 11.3 Å². The Balaban J connectivity index is 2.04. The summed E-state index contributed by atoms with van der Waals surface area (Å²) in [6.45, 7) is 0. The third-order valence-corrected chi connectivity index (χ3v) is 5.10. The van der Waals surface area contributed by atoms with E-state index in [1.54, 1.807) is 7.11 Å². The van der Waals surface area contributed by atoms with E-state index in [1.807, 2.05) is 28.9 Å². The molecule has 0 saturated carbocycles. The first-order chi connectivity index (χ1) is 8.59. The van der Waals surface area contributed by atoms with Crippen LogP contribution in [0.25, 0.3) is 5.65 Å². The Morgan fingerprint density at radius 2 is 2.33 bits per heavy atom. The number of methoxy groups -OCH3 is 1. The first-order valence-electron chi connectivity index (χ1n) is 5.81. The zero-order valence-corrected chi connectivity index (χ0v) is 10.9. The van der Waals surface area contributed by atoms with Crippen LogP contribution in [-0.4, -0.2) is 36.4 Å². The van der Waals surface area contributed by atoms with Crippen molar-refractivity contribution in [2.24, 2.45) is 0 Å². The number of aromatic nitrogens is 2. The Bertz CT molecular complexity index is 690. The number of hydrogen-bond donors (Lipinski definition) is 0. The fourth-order valence-electron chi connectivity index (χ4n) is 2.39. The molecule has 0 amide bonds. The van der Waals surface area contributed by atoms with Crippen LogP contribution in [0.15, 0.2) is 24.5 Å². The van der Waals surface area contributed by atoms with Gasteiger partial charge in [-0.1, -0.05) is 0 Å². The van der Waals surface area contributed by atoms with Crippen molar-refractivity contribution < 1.29 is 13.2 Å². The lowest BCUT2D eigenvalue weighted by atomic mass is 10.1. The summed E-state index contributed by atoms with van der Waals surface area (Å²) in [7, 11) is -1.28. The molecule has 0 aliphatic carbocycles. The van der Waals surface area contributed by atoms with Crippen molar-refractivity contribution in [3.8, 4) is 5.75 Å². The standard InChI is InChI=1S/C12H14N2O3S/c1-17-11-3-2-5-14-7-10(13-12(11)14)9-4-6-18(15,16)8-9/h2-3,5,7,9H,4,6,8H2,1H3. The number of hydrogen-bond acceptors (Lipinski definition) is 4. The molecule has 96 valence electrons. The van der Waals surface area contributed by atoms with Crippen molar-refractivity contribution >= 4 is 15.5 Å². The fraction of sp³-hybridized carbons (Fsp3) is 0.417. The molecule has 0 bridgehead atoms. The van der Waals surface area contributed by atoms with Gasteiger partial charge in [0.15, 0.2) is 21.2 Å². The van der Waals surface area contributed by atoms with Gasteiger partial charge in [0.2, 0.25) is 0 Å². The molecule has 0 radical (unpaired) electrons. The lowest BCUT2D eigenvalue weighted by Crippen LogP contribution is -2.03. The molecule has 1 saturated heterocycles. The molecule has 1 fully saturated rings. The maximum atomic E-state index is 11.5. The van der Waals surface area contributed by atoms with Crippen molar-refractivity contribution in [1.82, 2.24) is 9.38 Å². The first-order valence-corrected chi connectivity index (χ1v) is 7.63. The minimum Gasteiger partial charge on any atom is -0.493 e. The van der Waals surface area contributed by atoms with E-state index in [0.29, 0.717) is 12.2 Å². The lowest BCUT2D eigenvalue weighted by Gasteiger charge is -2.01.